The van der Waals surface area contributed by atoms with Gasteiger partial charge in [-0.05, 0) is 32.2 Å². The summed E-state index contributed by atoms with van der Waals surface area (Å²) in [6.07, 6.45) is 2.82. The molecule has 31 heavy (non-hydrogen) atoms. The molecule has 1 aromatic rings. The molecule has 1 aliphatic rings. The molecule has 1 saturated heterocycles. The maximum absolute atomic E-state index is 11.9. The van der Waals surface area contributed by atoms with Crippen molar-refractivity contribution in [2.75, 3.05) is 13.1 Å². The molecule has 0 radical (unpaired) electrons. The summed E-state index contributed by atoms with van der Waals surface area (Å²) in [5.41, 5.74) is 10.4. The highest BCUT2D eigenvalue weighted by Crippen LogP contribution is 2.19. The number of nitrogens with two attached hydrogens (primary N) is 2. The van der Waals surface area contributed by atoms with Gasteiger partial charge in [-0.2, -0.15) is 4.98 Å². The van der Waals surface area contributed by atoms with Gasteiger partial charge >= 0.3 is 18.0 Å². The first-order valence-corrected chi connectivity index (χ1v) is 9.83. The van der Waals surface area contributed by atoms with Crippen LogP contribution in [0.3, 0.4) is 0 Å². The number of carbonyl (C=O) groups is 3. The van der Waals surface area contributed by atoms with Crippen molar-refractivity contribution < 1.29 is 29.1 Å². The van der Waals surface area contributed by atoms with Crippen molar-refractivity contribution in [1.29, 1.82) is 0 Å². The van der Waals surface area contributed by atoms with Crippen LogP contribution >= 0.6 is 0 Å². The molecule has 1 aliphatic heterocycles. The Hall–Kier alpha value is -3.42. The van der Waals surface area contributed by atoms with Gasteiger partial charge in [0, 0.05) is 13.0 Å². The van der Waals surface area contributed by atoms with E-state index in [0.717, 1.165) is 19.4 Å². The zero-order chi connectivity index (χ0) is 23.2. The molecular weight excluding hydrogens is 412 g/mol. The van der Waals surface area contributed by atoms with Gasteiger partial charge in [-0.1, -0.05) is 12.1 Å². The van der Waals surface area contributed by atoms with Crippen molar-refractivity contribution in [3.05, 3.63) is 11.7 Å². The number of nitrogens with one attached hydrogen (secondary N) is 3. The van der Waals surface area contributed by atoms with Crippen molar-refractivity contribution in [3.63, 3.8) is 0 Å². The highest BCUT2D eigenvalue weighted by molar-refractivity contribution is 5.82. The lowest BCUT2D eigenvalue weighted by atomic mass is 10.1. The van der Waals surface area contributed by atoms with Gasteiger partial charge < -0.3 is 42.2 Å². The fraction of sp³-hybridized carbons (Fsp3) is 0.647. The normalized spacial score (nSPS) is 15.8. The van der Waals surface area contributed by atoms with Gasteiger partial charge in [0.25, 0.3) is 0 Å². The second-order valence-electron chi connectivity index (χ2n) is 6.61. The molecule has 0 spiro atoms. The molecule has 9 N–H and O–H groups in total. The van der Waals surface area contributed by atoms with E-state index in [-0.39, 0.29) is 43.8 Å². The lowest BCUT2D eigenvalue weighted by Crippen LogP contribution is -2.45. The van der Waals surface area contributed by atoms with Crippen LogP contribution < -0.4 is 27.4 Å². The predicted octanol–water partition coefficient (Wildman–Crippen LogP) is -0.719. The zero-order valence-corrected chi connectivity index (χ0v) is 17.3. The Balaban J connectivity index is 0.000000861. The van der Waals surface area contributed by atoms with Gasteiger partial charge in [-0.3, -0.25) is 9.79 Å². The minimum absolute atomic E-state index is 0.00585. The first-order chi connectivity index (χ1) is 14.7. The maximum Gasteiger partial charge on any atom is 0.326 e. The number of carboxylic acids is 2. The summed E-state index contributed by atoms with van der Waals surface area (Å²) in [7, 11) is 0. The molecular formula is C17H30N8O6. The van der Waals surface area contributed by atoms with Crippen LogP contribution in [0.1, 0.15) is 56.8 Å². The molecule has 0 aromatic carbocycles. The van der Waals surface area contributed by atoms with E-state index < -0.39 is 24.0 Å². The molecule has 0 saturated carbocycles. The number of carbonyl (C=O) groups excluding carboxylic acids is 1. The van der Waals surface area contributed by atoms with E-state index in [0.29, 0.717) is 12.2 Å². The summed E-state index contributed by atoms with van der Waals surface area (Å²) in [6.45, 7) is 2.80. The third-order valence-corrected chi connectivity index (χ3v) is 4.11. The first-order valence-electron chi connectivity index (χ1n) is 9.83. The fourth-order valence-electron chi connectivity index (χ4n) is 2.51. The van der Waals surface area contributed by atoms with Gasteiger partial charge in [0.05, 0.1) is 12.6 Å². The van der Waals surface area contributed by atoms with Crippen molar-refractivity contribution in [1.82, 2.24) is 26.1 Å². The fourth-order valence-corrected chi connectivity index (χ4v) is 2.51. The Bertz CT molecular complexity index is 743. The molecule has 1 fully saturated rings. The van der Waals surface area contributed by atoms with Gasteiger partial charge in [0.1, 0.15) is 6.04 Å². The van der Waals surface area contributed by atoms with Crippen molar-refractivity contribution in [2.45, 2.75) is 57.7 Å². The summed E-state index contributed by atoms with van der Waals surface area (Å²) in [4.78, 5) is 40.4. The Kier molecular flexibility index (Phi) is 11.4. The molecule has 14 heteroatoms. The highest BCUT2D eigenvalue weighted by atomic mass is 16.5. The Morgan fingerprint density at radius 1 is 1.35 bits per heavy atom. The van der Waals surface area contributed by atoms with E-state index in [1.807, 2.05) is 0 Å². The number of carboxylic acid groups (broad SMARTS) is 2. The Labute approximate surface area is 178 Å². The van der Waals surface area contributed by atoms with Crippen molar-refractivity contribution in [3.8, 4) is 0 Å². The molecule has 2 unspecified atom stereocenters. The molecule has 1 aromatic heterocycles. The number of aromatic nitrogens is 2. The second-order valence-corrected chi connectivity index (χ2v) is 6.61. The number of aliphatic carboxylic acids is 2. The van der Waals surface area contributed by atoms with E-state index in [1.54, 1.807) is 6.92 Å². The lowest BCUT2D eigenvalue weighted by molar-refractivity contribution is -0.139. The Morgan fingerprint density at radius 3 is 2.61 bits per heavy atom. The first kappa shape index (κ1) is 25.6. The average molecular weight is 442 g/mol. The third-order valence-electron chi connectivity index (χ3n) is 4.11. The number of guanidine groups is 1. The smallest absolute Gasteiger partial charge is 0.326 e. The summed E-state index contributed by atoms with van der Waals surface area (Å²) in [6, 6.07) is -1.62. The predicted molar refractivity (Wildman–Crippen MR) is 109 cm³/mol. The van der Waals surface area contributed by atoms with Crippen molar-refractivity contribution >= 4 is 23.9 Å². The van der Waals surface area contributed by atoms with Crippen LogP contribution in [0.15, 0.2) is 9.52 Å². The SMILES string of the molecule is CCC(=O)O.NC(N)=NCCCC(NC(=O)NCc1nc(C2CCCN2)no1)C(=O)O. The number of nitrogens with zero attached hydrogens (tertiary/aromatic N) is 3. The van der Waals surface area contributed by atoms with Crippen LogP contribution in [0.25, 0.3) is 0 Å². The molecule has 2 rings (SSSR count). The number of rotatable bonds is 10. The van der Waals surface area contributed by atoms with E-state index in [4.69, 9.17) is 26.2 Å². The molecule has 14 nitrogen and oxygen atoms in total. The van der Waals surface area contributed by atoms with Crippen LogP contribution in [0.5, 0.6) is 0 Å². The molecule has 2 atom stereocenters. The summed E-state index contributed by atoms with van der Waals surface area (Å²) in [5, 5.41) is 28.9. The number of hydrogen-bond acceptors (Lipinski definition) is 8. The van der Waals surface area contributed by atoms with Gasteiger partial charge in [0.2, 0.25) is 5.89 Å². The maximum atomic E-state index is 11.9. The molecule has 2 heterocycles. The second kappa shape index (κ2) is 13.7. The molecule has 2 amide bonds. The molecule has 174 valence electrons. The third kappa shape index (κ3) is 10.8. The number of hydrogen-bond donors (Lipinski definition) is 7. The summed E-state index contributed by atoms with van der Waals surface area (Å²) < 4.78 is 5.08. The Morgan fingerprint density at radius 2 is 2.06 bits per heavy atom. The lowest BCUT2D eigenvalue weighted by Gasteiger charge is -2.14. The van der Waals surface area contributed by atoms with E-state index in [2.05, 4.69) is 31.1 Å². The average Bonchev–Trinajstić information content (AvgIpc) is 3.40. The van der Waals surface area contributed by atoms with E-state index in [9.17, 15) is 14.4 Å². The number of aliphatic imine (C=N–C) groups is 1. The zero-order valence-electron chi connectivity index (χ0n) is 17.3. The van der Waals surface area contributed by atoms with Crippen molar-refractivity contribution in [2.24, 2.45) is 16.5 Å². The largest absolute Gasteiger partial charge is 0.481 e. The standard InChI is InChI=1S/C14H24N8O4.C3H6O2/c15-13(16)18-6-2-4-9(12(23)24)20-14(25)19-7-10-21-11(22-26-10)8-3-1-5-17-8;1-2-3(4)5/h8-9,17H,1-7H2,(H,23,24)(H4,15,16,18)(H2,19,20,25);2H2,1H3,(H,4,5). The summed E-state index contributed by atoms with van der Waals surface area (Å²) >= 11 is 0. The monoisotopic (exact) mass is 442 g/mol. The minimum Gasteiger partial charge on any atom is -0.481 e. The van der Waals surface area contributed by atoms with E-state index >= 15 is 0 Å². The highest BCUT2D eigenvalue weighted by Gasteiger charge is 2.22. The van der Waals surface area contributed by atoms with Gasteiger partial charge in [0.15, 0.2) is 11.8 Å². The van der Waals surface area contributed by atoms with Crippen LogP contribution in [-0.4, -0.2) is 63.4 Å². The number of urea groups is 1. The summed E-state index contributed by atoms with van der Waals surface area (Å²) in [5.74, 6) is -1.14. The topological polar surface area (TPSA) is 231 Å². The minimum atomic E-state index is -1.14. The van der Waals surface area contributed by atoms with Crippen LogP contribution in [0, 0.1) is 0 Å². The molecule has 0 bridgehead atoms. The van der Waals surface area contributed by atoms with Crippen LogP contribution in [0.2, 0.25) is 0 Å². The van der Waals surface area contributed by atoms with E-state index in [1.165, 1.54) is 0 Å². The molecule has 0 aliphatic carbocycles. The van der Waals surface area contributed by atoms with Crippen LogP contribution in [-0.2, 0) is 16.1 Å². The van der Waals surface area contributed by atoms with Gasteiger partial charge in [-0.25, -0.2) is 9.59 Å². The quantitative estimate of drug-likeness (QED) is 0.136. The number of amides is 2. The van der Waals surface area contributed by atoms with Gasteiger partial charge in [-0.15, -0.1) is 0 Å². The van der Waals surface area contributed by atoms with Crippen LogP contribution in [0.4, 0.5) is 4.79 Å².